The molecule has 238 valence electrons. The van der Waals surface area contributed by atoms with Gasteiger partial charge in [0.15, 0.2) is 5.78 Å². The molecule has 1 saturated carbocycles. The Morgan fingerprint density at radius 2 is 1.75 bits per heavy atom. The van der Waals surface area contributed by atoms with Crippen LogP contribution in [0, 0.1) is 17.7 Å². The summed E-state index contributed by atoms with van der Waals surface area (Å²) in [6.07, 6.45) is 10.7. The van der Waals surface area contributed by atoms with E-state index in [4.69, 9.17) is 0 Å². The number of pyridine rings is 1. The number of sulfonamides is 1. The van der Waals surface area contributed by atoms with Crippen LogP contribution in [0.25, 0.3) is 16.6 Å². The molecule has 3 heterocycles. The van der Waals surface area contributed by atoms with Crippen molar-refractivity contribution >= 4 is 32.6 Å². The molecule has 1 aromatic carbocycles. The minimum Gasteiger partial charge on any atom is -0.334 e. The number of carbonyl (C=O) groups is 2. The average Bonchev–Trinajstić information content (AvgIpc) is 3.58. The van der Waals surface area contributed by atoms with Crippen LogP contribution in [-0.2, 0) is 10.0 Å². The number of rotatable bonds is 10. The number of hydrogen-bond acceptors (Lipinski definition) is 6. The molecule has 11 heteroatoms. The number of likely N-dealkylation sites (tertiary alicyclic amines) is 1. The molecule has 0 radical (unpaired) electrons. The van der Waals surface area contributed by atoms with Crippen LogP contribution in [0.1, 0.15) is 80.5 Å². The van der Waals surface area contributed by atoms with Crippen molar-refractivity contribution in [1.82, 2.24) is 24.1 Å². The van der Waals surface area contributed by atoms with Gasteiger partial charge in [0.25, 0.3) is 5.91 Å². The summed E-state index contributed by atoms with van der Waals surface area (Å²) < 4.78 is 42.3. The molecule has 2 aromatic heterocycles. The summed E-state index contributed by atoms with van der Waals surface area (Å²) in [5.74, 6) is -0.376. The highest BCUT2D eigenvalue weighted by molar-refractivity contribution is 7.88. The van der Waals surface area contributed by atoms with E-state index in [0.29, 0.717) is 29.2 Å². The number of nitrogens with zero attached hydrogens (tertiary/aromatic N) is 4. The fraction of sp³-hybridized carbons (Fsp3) is 0.545. The summed E-state index contributed by atoms with van der Waals surface area (Å²) in [5, 5.41) is 0.757. The molecule has 1 aliphatic heterocycles. The third kappa shape index (κ3) is 7.05. The Balaban J connectivity index is 1.36. The van der Waals surface area contributed by atoms with E-state index >= 15 is 0 Å². The molecule has 0 spiro atoms. The fourth-order valence-electron chi connectivity index (χ4n) is 7.13. The maximum Gasteiger partial charge on any atom is 0.256 e. The van der Waals surface area contributed by atoms with Gasteiger partial charge >= 0.3 is 0 Å². The van der Waals surface area contributed by atoms with E-state index in [-0.39, 0.29) is 41.3 Å². The highest BCUT2D eigenvalue weighted by Gasteiger charge is 2.33. The van der Waals surface area contributed by atoms with Crippen LogP contribution in [0.2, 0.25) is 0 Å². The van der Waals surface area contributed by atoms with Gasteiger partial charge in [-0.1, -0.05) is 0 Å². The quantitative estimate of drug-likeness (QED) is 0.317. The summed E-state index contributed by atoms with van der Waals surface area (Å²) in [6, 6.07) is 5.89. The topological polar surface area (TPSA) is 105 Å². The van der Waals surface area contributed by atoms with Crippen LogP contribution in [0.5, 0.6) is 0 Å². The van der Waals surface area contributed by atoms with Gasteiger partial charge in [-0.25, -0.2) is 17.5 Å². The molecule has 44 heavy (non-hydrogen) atoms. The highest BCUT2D eigenvalue weighted by Crippen LogP contribution is 2.33. The van der Waals surface area contributed by atoms with Gasteiger partial charge in [-0.15, -0.1) is 0 Å². The van der Waals surface area contributed by atoms with E-state index in [1.165, 1.54) is 18.4 Å². The number of fused-ring (bicyclic) bond motifs is 1. The van der Waals surface area contributed by atoms with Gasteiger partial charge in [0.05, 0.1) is 29.2 Å². The molecule has 1 aliphatic carbocycles. The first-order chi connectivity index (χ1) is 20.8. The maximum atomic E-state index is 14.6. The standard InChI is InChI=1S/C33H44FN5O4S/c1-21(2)39(22(3)4)33(41)28-16-25(34)8-11-30(28)38-20-29(27-12-14-35-17-31(27)38)32(40)24-13-15-37(19-24)18-23-6-9-26(10-7-23)36-44(5,42)43/h8,11-12,14,16-17,20-24,26,36H,6-7,9-10,13,15,18-19H2,1-5H3/t23?,24-,26?/m1/s1. The molecule has 2 fully saturated rings. The Morgan fingerprint density at radius 3 is 2.41 bits per heavy atom. The third-order valence-electron chi connectivity index (χ3n) is 9.06. The number of amides is 1. The monoisotopic (exact) mass is 625 g/mol. The largest absolute Gasteiger partial charge is 0.334 e. The second-order valence-electron chi connectivity index (χ2n) is 13.1. The van der Waals surface area contributed by atoms with E-state index in [0.717, 1.165) is 50.6 Å². The molecular weight excluding hydrogens is 581 g/mol. The van der Waals surface area contributed by atoms with Crippen molar-refractivity contribution in [3.8, 4) is 5.69 Å². The summed E-state index contributed by atoms with van der Waals surface area (Å²) in [5.41, 5.74) is 2.01. The fourth-order valence-corrected chi connectivity index (χ4v) is 7.97. The number of Topliss-reactive ketones (excluding diaryl/α,β-unsaturated/α-hetero) is 1. The summed E-state index contributed by atoms with van der Waals surface area (Å²) >= 11 is 0. The first-order valence-corrected chi connectivity index (χ1v) is 17.5. The molecule has 2 aliphatic rings. The van der Waals surface area contributed by atoms with Crippen molar-refractivity contribution in [1.29, 1.82) is 0 Å². The predicted octanol–water partition coefficient (Wildman–Crippen LogP) is 5.04. The van der Waals surface area contributed by atoms with Crippen LogP contribution >= 0.6 is 0 Å². The molecule has 5 rings (SSSR count). The predicted molar refractivity (Wildman–Crippen MR) is 170 cm³/mol. The Hall–Kier alpha value is -3.15. The van der Waals surface area contributed by atoms with E-state index in [2.05, 4.69) is 14.6 Å². The zero-order valence-electron chi connectivity index (χ0n) is 26.3. The minimum atomic E-state index is -3.20. The number of nitrogens with one attached hydrogen (secondary N) is 1. The highest BCUT2D eigenvalue weighted by atomic mass is 32.2. The molecule has 3 aromatic rings. The van der Waals surface area contributed by atoms with E-state index in [1.54, 1.807) is 34.1 Å². The van der Waals surface area contributed by atoms with Gasteiger partial charge in [0, 0.05) is 60.5 Å². The van der Waals surface area contributed by atoms with E-state index < -0.39 is 15.8 Å². The SMILES string of the molecule is CC(C)N(C(=O)c1cc(F)ccc1-n1cc(C(=O)[C@@H]2CCN(CC3CCC(NS(C)(=O)=O)CC3)C2)c2ccncc21)C(C)C. The van der Waals surface area contributed by atoms with Crippen molar-refractivity contribution in [2.24, 2.45) is 11.8 Å². The Bertz CT molecular complexity index is 1620. The number of halogens is 1. The lowest BCUT2D eigenvalue weighted by Gasteiger charge is -2.31. The Labute approximate surface area is 259 Å². The lowest BCUT2D eigenvalue weighted by Crippen LogP contribution is -2.42. The van der Waals surface area contributed by atoms with Gasteiger partial charge in [-0.2, -0.15) is 0 Å². The zero-order chi connectivity index (χ0) is 31.8. The smallest absolute Gasteiger partial charge is 0.256 e. The summed E-state index contributed by atoms with van der Waals surface area (Å²) in [4.78, 5) is 36.2. The van der Waals surface area contributed by atoms with Crippen LogP contribution < -0.4 is 4.72 Å². The van der Waals surface area contributed by atoms with Crippen molar-refractivity contribution in [3.63, 3.8) is 0 Å². The number of ketones is 1. The van der Waals surface area contributed by atoms with Crippen LogP contribution in [-0.4, -0.2) is 83.5 Å². The maximum absolute atomic E-state index is 14.6. The average molecular weight is 626 g/mol. The number of aromatic nitrogens is 2. The molecule has 1 amide bonds. The lowest BCUT2D eigenvalue weighted by molar-refractivity contribution is 0.0643. The zero-order valence-corrected chi connectivity index (χ0v) is 27.1. The second-order valence-corrected chi connectivity index (χ2v) is 14.9. The molecule has 0 unspecified atom stereocenters. The molecular formula is C33H44FN5O4S. The van der Waals surface area contributed by atoms with E-state index in [1.807, 2.05) is 33.8 Å². The van der Waals surface area contributed by atoms with Crippen LogP contribution in [0.3, 0.4) is 0 Å². The van der Waals surface area contributed by atoms with Crippen molar-refractivity contribution in [3.05, 3.63) is 59.8 Å². The Kier molecular flexibility index (Phi) is 9.58. The van der Waals surface area contributed by atoms with Crippen molar-refractivity contribution < 1.29 is 22.4 Å². The first kappa shape index (κ1) is 32.2. The number of carbonyl (C=O) groups excluding carboxylic acids is 2. The molecule has 1 atom stereocenters. The second kappa shape index (κ2) is 13.1. The van der Waals surface area contributed by atoms with Gasteiger partial charge in [0.2, 0.25) is 10.0 Å². The van der Waals surface area contributed by atoms with Crippen molar-refractivity contribution in [2.75, 3.05) is 25.9 Å². The third-order valence-corrected chi connectivity index (χ3v) is 9.82. The molecule has 0 bridgehead atoms. The number of benzene rings is 1. The Morgan fingerprint density at radius 1 is 1.05 bits per heavy atom. The van der Waals surface area contributed by atoms with Gasteiger partial charge < -0.3 is 14.4 Å². The van der Waals surface area contributed by atoms with Crippen LogP contribution in [0.4, 0.5) is 4.39 Å². The molecule has 1 N–H and O–H groups in total. The normalized spacial score (nSPS) is 21.4. The van der Waals surface area contributed by atoms with E-state index in [9.17, 15) is 22.4 Å². The minimum absolute atomic E-state index is 0.0108. The van der Waals surface area contributed by atoms with Gasteiger partial charge in [0.1, 0.15) is 5.82 Å². The summed E-state index contributed by atoms with van der Waals surface area (Å²) in [7, 11) is -3.20. The molecule has 9 nitrogen and oxygen atoms in total. The molecule has 1 saturated heterocycles. The van der Waals surface area contributed by atoms with Crippen LogP contribution in [0.15, 0.2) is 42.9 Å². The van der Waals surface area contributed by atoms with Crippen molar-refractivity contribution in [2.45, 2.75) is 77.9 Å². The summed E-state index contributed by atoms with van der Waals surface area (Å²) in [6.45, 7) is 10.2. The lowest BCUT2D eigenvalue weighted by atomic mass is 9.86. The van der Waals surface area contributed by atoms with Gasteiger partial charge in [-0.3, -0.25) is 14.6 Å². The first-order valence-electron chi connectivity index (χ1n) is 15.6. The number of hydrogen-bond donors (Lipinski definition) is 1. The van der Waals surface area contributed by atoms with Gasteiger partial charge in [-0.05, 0) is 96.5 Å².